The lowest BCUT2D eigenvalue weighted by molar-refractivity contribution is 0.572. The van der Waals surface area contributed by atoms with Crippen LogP contribution in [-0.2, 0) is 13.6 Å². The van der Waals surface area contributed by atoms with Crippen molar-refractivity contribution in [3.63, 3.8) is 0 Å². The highest BCUT2D eigenvalue weighted by atomic mass is 19.1. The molecule has 0 unspecified atom stereocenters. The zero-order valence-electron chi connectivity index (χ0n) is 23.8. The van der Waals surface area contributed by atoms with Crippen LogP contribution in [0.3, 0.4) is 0 Å². The van der Waals surface area contributed by atoms with Crippen LogP contribution < -0.4 is 16.0 Å². The Morgan fingerprint density at radius 2 is 1.51 bits per heavy atom. The van der Waals surface area contributed by atoms with Crippen molar-refractivity contribution in [3.05, 3.63) is 101 Å². The maximum absolute atomic E-state index is 13.5. The first-order valence-corrected chi connectivity index (χ1v) is 14.5. The summed E-state index contributed by atoms with van der Waals surface area (Å²) in [5, 5.41) is 7.61. The molecular weight excluding hydrogens is 516 g/mol. The lowest BCUT2D eigenvalue weighted by Crippen LogP contribution is -2.15. The quantitative estimate of drug-likeness (QED) is 0.121. The molecule has 2 aliphatic rings. The predicted molar refractivity (Wildman–Crippen MR) is 164 cm³/mol. The fourth-order valence-corrected chi connectivity index (χ4v) is 5.03. The van der Waals surface area contributed by atoms with Crippen molar-refractivity contribution in [2.24, 2.45) is 12.0 Å². The van der Waals surface area contributed by atoms with Gasteiger partial charge in [0.2, 0.25) is 0 Å². The fraction of sp³-hybridized carbons (Fsp3) is 0.294. The van der Waals surface area contributed by atoms with Crippen molar-refractivity contribution in [2.75, 3.05) is 11.9 Å². The maximum Gasteiger partial charge on any atom is 0.123 e. The summed E-state index contributed by atoms with van der Waals surface area (Å²) >= 11 is 0. The second-order valence-electron chi connectivity index (χ2n) is 10.5. The minimum absolute atomic E-state index is 0.303. The van der Waals surface area contributed by atoms with Gasteiger partial charge in [0.05, 0.1) is 39.2 Å². The van der Waals surface area contributed by atoms with Crippen LogP contribution >= 0.6 is 0 Å². The van der Waals surface area contributed by atoms with E-state index in [0.29, 0.717) is 11.0 Å². The van der Waals surface area contributed by atoms with Gasteiger partial charge in [-0.25, -0.2) is 18.8 Å². The van der Waals surface area contributed by atoms with Gasteiger partial charge >= 0.3 is 0 Å². The SMILES string of the molecule is CCCCCCCCNCc1ccc2c(c1)nc1cc(Nc3ccc(F)cc3)c(=Nc3ccc(F)cc3)cc-1n2C. The molecule has 1 aliphatic heterocycles. The molecule has 0 bridgehead atoms. The number of nitrogens with one attached hydrogen (secondary N) is 2. The molecule has 1 heterocycles. The Labute approximate surface area is 240 Å². The molecule has 0 aromatic heterocycles. The summed E-state index contributed by atoms with van der Waals surface area (Å²) in [4.78, 5) is 9.82. The smallest absolute Gasteiger partial charge is 0.123 e. The number of anilines is 2. The van der Waals surface area contributed by atoms with E-state index in [1.54, 1.807) is 24.3 Å². The van der Waals surface area contributed by atoms with Gasteiger partial charge in [-0.1, -0.05) is 45.1 Å². The van der Waals surface area contributed by atoms with Crippen molar-refractivity contribution in [3.8, 4) is 11.4 Å². The van der Waals surface area contributed by atoms with Crippen LogP contribution in [0.1, 0.15) is 51.0 Å². The molecule has 3 aromatic rings. The topological polar surface area (TPSA) is 54.2 Å². The van der Waals surface area contributed by atoms with E-state index in [0.717, 1.165) is 46.9 Å². The van der Waals surface area contributed by atoms with E-state index in [2.05, 4.69) is 40.3 Å². The van der Waals surface area contributed by atoms with Gasteiger partial charge in [0.25, 0.3) is 0 Å². The highest BCUT2D eigenvalue weighted by Gasteiger charge is 2.14. The summed E-state index contributed by atoms with van der Waals surface area (Å²) in [5.41, 5.74) is 6.92. The molecule has 0 amide bonds. The number of nitrogens with zero attached hydrogens (tertiary/aromatic N) is 3. The van der Waals surface area contributed by atoms with Crippen molar-refractivity contribution in [1.29, 1.82) is 0 Å². The normalized spacial score (nSPS) is 12.0. The summed E-state index contributed by atoms with van der Waals surface area (Å²) in [5.74, 6) is -0.617. The monoisotopic (exact) mass is 553 g/mol. The average molecular weight is 554 g/mol. The first kappa shape index (κ1) is 28.4. The van der Waals surface area contributed by atoms with Crippen LogP contribution in [0.25, 0.3) is 22.4 Å². The van der Waals surface area contributed by atoms with E-state index in [1.807, 2.05) is 19.2 Å². The largest absolute Gasteiger partial charge is 0.354 e. The van der Waals surface area contributed by atoms with Crippen molar-refractivity contribution < 1.29 is 8.78 Å². The molecular formula is C34H37F2N5. The third-order valence-corrected chi connectivity index (χ3v) is 7.33. The number of benzene rings is 4. The van der Waals surface area contributed by atoms with Crippen LogP contribution in [0.2, 0.25) is 0 Å². The summed E-state index contributed by atoms with van der Waals surface area (Å²) in [6.45, 7) is 4.07. The second-order valence-corrected chi connectivity index (χ2v) is 10.5. The van der Waals surface area contributed by atoms with Crippen LogP contribution in [0.5, 0.6) is 0 Å². The Morgan fingerprint density at radius 1 is 0.805 bits per heavy atom. The standard InChI is InChI=1S/C34H37F2N5/c1-3-4-5-6-7-8-19-37-23-24-9-18-33-31(20-24)40-32-21-29(38-27-14-10-25(35)11-15-27)30(22-34(32)41(33)2)39-28-16-12-26(36)13-17-28/h9-18,20-22,37-38H,3-8,19,23H2,1-2H3. The van der Waals surface area contributed by atoms with E-state index >= 15 is 0 Å². The van der Waals surface area contributed by atoms with Gasteiger partial charge in [-0.05, 0) is 91.3 Å². The fourth-order valence-electron chi connectivity index (χ4n) is 5.03. The Hall–Kier alpha value is -4.10. The van der Waals surface area contributed by atoms with E-state index in [-0.39, 0.29) is 11.6 Å². The summed E-state index contributed by atoms with van der Waals surface area (Å²) in [6.07, 6.45) is 7.73. The summed E-state index contributed by atoms with van der Waals surface area (Å²) in [6, 6.07) is 22.6. The predicted octanol–water partition coefficient (Wildman–Crippen LogP) is 8.38. The zero-order valence-corrected chi connectivity index (χ0v) is 23.8. The molecule has 3 aromatic carbocycles. The minimum Gasteiger partial charge on any atom is -0.354 e. The van der Waals surface area contributed by atoms with Gasteiger partial charge in [0.15, 0.2) is 0 Å². The number of halogens is 2. The minimum atomic E-state index is -0.314. The van der Waals surface area contributed by atoms with Gasteiger partial charge in [0.1, 0.15) is 11.6 Å². The first-order valence-electron chi connectivity index (χ1n) is 14.5. The van der Waals surface area contributed by atoms with E-state index in [4.69, 9.17) is 9.98 Å². The maximum atomic E-state index is 13.5. The van der Waals surface area contributed by atoms with E-state index in [9.17, 15) is 8.78 Å². The lowest BCUT2D eigenvalue weighted by Gasteiger charge is -2.18. The zero-order chi connectivity index (χ0) is 28.6. The van der Waals surface area contributed by atoms with Gasteiger partial charge in [-0.2, -0.15) is 0 Å². The molecule has 41 heavy (non-hydrogen) atoms. The van der Waals surface area contributed by atoms with Gasteiger partial charge in [0, 0.05) is 19.3 Å². The number of hydrogen-bond donors (Lipinski definition) is 2. The molecule has 0 fully saturated rings. The molecule has 0 atom stereocenters. The van der Waals surface area contributed by atoms with E-state index < -0.39 is 0 Å². The van der Waals surface area contributed by atoms with Crippen molar-refractivity contribution in [1.82, 2.24) is 14.9 Å². The molecule has 5 nitrogen and oxygen atoms in total. The number of hydrogen-bond acceptors (Lipinski definition) is 4. The average Bonchev–Trinajstić information content (AvgIpc) is 2.97. The van der Waals surface area contributed by atoms with Crippen LogP contribution in [0.4, 0.5) is 25.8 Å². The number of rotatable bonds is 12. The number of unbranched alkanes of at least 4 members (excludes halogenated alkanes) is 5. The van der Waals surface area contributed by atoms with Crippen LogP contribution in [0.15, 0.2) is 83.9 Å². The molecule has 0 saturated heterocycles. The highest BCUT2D eigenvalue weighted by Crippen LogP contribution is 2.28. The van der Waals surface area contributed by atoms with Gasteiger partial charge < -0.3 is 15.2 Å². The lowest BCUT2D eigenvalue weighted by atomic mass is 10.1. The van der Waals surface area contributed by atoms with Crippen molar-refractivity contribution in [2.45, 2.75) is 52.0 Å². The van der Waals surface area contributed by atoms with Crippen molar-refractivity contribution >= 4 is 28.1 Å². The Morgan fingerprint density at radius 3 is 2.27 bits per heavy atom. The molecule has 5 rings (SSSR count). The summed E-state index contributed by atoms with van der Waals surface area (Å²) < 4.78 is 29.2. The molecule has 0 saturated carbocycles. The molecule has 0 spiro atoms. The van der Waals surface area contributed by atoms with E-state index in [1.165, 1.54) is 68.4 Å². The number of aromatic nitrogens is 2. The molecule has 212 valence electrons. The molecule has 1 aliphatic carbocycles. The Kier molecular flexibility index (Phi) is 9.36. The molecule has 0 radical (unpaired) electrons. The molecule has 7 heteroatoms. The summed E-state index contributed by atoms with van der Waals surface area (Å²) in [7, 11) is 2.03. The molecule has 2 N–H and O–H groups in total. The highest BCUT2D eigenvalue weighted by molar-refractivity contribution is 5.82. The Balaban J connectivity index is 1.45. The second kappa shape index (κ2) is 13.5. The van der Waals surface area contributed by atoms with Crippen LogP contribution in [0, 0.1) is 11.6 Å². The van der Waals surface area contributed by atoms with Crippen LogP contribution in [-0.4, -0.2) is 16.1 Å². The van der Waals surface area contributed by atoms with Gasteiger partial charge in [-0.3, -0.25) is 0 Å². The third-order valence-electron chi connectivity index (χ3n) is 7.33. The first-order chi connectivity index (χ1) is 20.0. The number of fused-ring (bicyclic) bond motifs is 2. The third kappa shape index (κ3) is 7.35. The Bertz CT molecular complexity index is 1620. The number of aryl methyl sites for hydroxylation is 1. The van der Waals surface area contributed by atoms with Gasteiger partial charge in [-0.15, -0.1) is 0 Å².